The predicted molar refractivity (Wildman–Crippen MR) is 51.2 cm³/mol. The van der Waals surface area contributed by atoms with Gasteiger partial charge >= 0.3 is 5.97 Å². The van der Waals surface area contributed by atoms with Crippen molar-refractivity contribution in [2.45, 2.75) is 44.7 Å². The van der Waals surface area contributed by atoms with Gasteiger partial charge in [-0.1, -0.05) is 0 Å². The van der Waals surface area contributed by atoms with Crippen molar-refractivity contribution < 1.29 is 19.4 Å². The Hall–Kier alpha value is -0.610. The Morgan fingerprint density at radius 2 is 1.93 bits per heavy atom. The first kappa shape index (κ1) is 9.60. The Bertz CT molecular complexity index is 312. The topological polar surface area (TPSA) is 55.8 Å². The van der Waals surface area contributed by atoms with Crippen LogP contribution in [0.5, 0.6) is 0 Å². The van der Waals surface area contributed by atoms with Crippen LogP contribution >= 0.6 is 0 Å². The fourth-order valence-electron chi connectivity index (χ4n) is 3.54. The molecule has 1 heterocycles. The zero-order valence-corrected chi connectivity index (χ0v) is 8.97. The molecule has 0 aromatic heterocycles. The molecule has 2 aliphatic carbocycles. The maximum atomic E-state index is 11.0. The molecule has 1 aliphatic heterocycles. The van der Waals surface area contributed by atoms with E-state index in [4.69, 9.17) is 14.6 Å². The summed E-state index contributed by atoms with van der Waals surface area (Å²) in [5.41, 5.74) is 0. The predicted octanol–water partition coefficient (Wildman–Crippen LogP) is 1.25. The van der Waals surface area contributed by atoms with Gasteiger partial charge in [-0.15, -0.1) is 0 Å². The summed E-state index contributed by atoms with van der Waals surface area (Å²) in [6.07, 6.45) is 1.88. The van der Waals surface area contributed by atoms with Gasteiger partial charge in [0.25, 0.3) is 0 Å². The molecule has 0 amide bonds. The molecule has 0 aromatic carbocycles. The van der Waals surface area contributed by atoms with E-state index in [0.717, 1.165) is 12.8 Å². The Kier molecular flexibility index (Phi) is 1.75. The molecular weight excluding hydrogens is 196 g/mol. The highest BCUT2D eigenvalue weighted by molar-refractivity contribution is 5.71. The molecule has 0 spiro atoms. The summed E-state index contributed by atoms with van der Waals surface area (Å²) in [7, 11) is 0. The maximum absolute atomic E-state index is 11.0. The quantitative estimate of drug-likeness (QED) is 0.710. The minimum atomic E-state index is -0.672. The molecule has 5 atom stereocenters. The molecule has 2 saturated carbocycles. The average Bonchev–Trinajstić information content (AvgIpc) is 2.70. The standard InChI is InChI=1S/C11H16O4/c1-11(2)14-8-5-3-6(9(8)15-11)7(4-5)10(12)13/h5-9H,3-4H2,1-2H3,(H,12,13)/t5-,6+,7-,8-,9+/m0/s1. The molecule has 1 N–H and O–H groups in total. The van der Waals surface area contributed by atoms with E-state index in [-0.39, 0.29) is 24.0 Å². The molecule has 1 saturated heterocycles. The summed E-state index contributed by atoms with van der Waals surface area (Å²) in [6, 6.07) is 0. The van der Waals surface area contributed by atoms with E-state index < -0.39 is 11.8 Å². The largest absolute Gasteiger partial charge is 0.481 e. The van der Waals surface area contributed by atoms with Crippen LogP contribution < -0.4 is 0 Å². The van der Waals surface area contributed by atoms with Gasteiger partial charge in [-0.3, -0.25) is 4.79 Å². The third-order valence-corrected chi connectivity index (χ3v) is 4.02. The SMILES string of the molecule is CC1(C)O[C@@H]2[C@@H]3C[C@@H](C[C@@H]3C(=O)O)[C@@H]2O1. The number of carboxylic acid groups (broad SMARTS) is 1. The van der Waals surface area contributed by atoms with Crippen molar-refractivity contribution in [3.8, 4) is 0 Å². The third kappa shape index (κ3) is 1.24. The number of hydrogen-bond donors (Lipinski definition) is 1. The van der Waals surface area contributed by atoms with Crippen LogP contribution in [0.2, 0.25) is 0 Å². The molecule has 0 radical (unpaired) electrons. The summed E-state index contributed by atoms with van der Waals surface area (Å²) in [5, 5.41) is 9.09. The van der Waals surface area contributed by atoms with Crippen LogP contribution in [0, 0.1) is 17.8 Å². The van der Waals surface area contributed by atoms with Gasteiger partial charge in [-0.25, -0.2) is 0 Å². The summed E-state index contributed by atoms with van der Waals surface area (Å²) in [4.78, 5) is 11.0. The molecule has 0 unspecified atom stereocenters. The number of ether oxygens (including phenoxy) is 2. The van der Waals surface area contributed by atoms with Gasteiger partial charge in [0, 0.05) is 5.92 Å². The Balaban J connectivity index is 1.84. The highest BCUT2D eigenvalue weighted by atomic mass is 16.8. The molecule has 4 nitrogen and oxygen atoms in total. The zero-order chi connectivity index (χ0) is 10.8. The van der Waals surface area contributed by atoms with Crippen molar-refractivity contribution in [1.82, 2.24) is 0 Å². The second kappa shape index (κ2) is 2.74. The zero-order valence-electron chi connectivity index (χ0n) is 8.97. The number of aliphatic carboxylic acids is 1. The van der Waals surface area contributed by atoms with Gasteiger partial charge in [0.05, 0.1) is 18.1 Å². The van der Waals surface area contributed by atoms with Crippen molar-refractivity contribution in [2.24, 2.45) is 17.8 Å². The number of carbonyl (C=O) groups is 1. The average molecular weight is 212 g/mol. The van der Waals surface area contributed by atoms with Crippen LogP contribution in [0.1, 0.15) is 26.7 Å². The van der Waals surface area contributed by atoms with E-state index in [1.807, 2.05) is 13.8 Å². The lowest BCUT2D eigenvalue weighted by Crippen LogP contribution is -2.37. The first-order chi connectivity index (χ1) is 6.98. The van der Waals surface area contributed by atoms with E-state index >= 15 is 0 Å². The van der Waals surface area contributed by atoms with E-state index in [9.17, 15) is 4.79 Å². The van der Waals surface area contributed by atoms with Crippen molar-refractivity contribution >= 4 is 5.97 Å². The second-order valence-corrected chi connectivity index (χ2v) is 5.40. The molecule has 3 aliphatic rings. The first-order valence-corrected chi connectivity index (χ1v) is 5.56. The highest BCUT2D eigenvalue weighted by Crippen LogP contribution is 2.55. The van der Waals surface area contributed by atoms with Gasteiger partial charge in [0.1, 0.15) is 0 Å². The fourth-order valence-corrected chi connectivity index (χ4v) is 3.54. The number of rotatable bonds is 1. The van der Waals surface area contributed by atoms with E-state index in [2.05, 4.69) is 0 Å². The van der Waals surface area contributed by atoms with Gasteiger partial charge in [-0.2, -0.15) is 0 Å². The van der Waals surface area contributed by atoms with E-state index in [1.54, 1.807) is 0 Å². The summed E-state index contributed by atoms with van der Waals surface area (Å²) >= 11 is 0. The maximum Gasteiger partial charge on any atom is 0.306 e. The van der Waals surface area contributed by atoms with Crippen LogP contribution in [-0.2, 0) is 14.3 Å². The van der Waals surface area contributed by atoms with Gasteiger partial charge in [0.15, 0.2) is 5.79 Å². The molecule has 4 heteroatoms. The number of fused-ring (bicyclic) bond motifs is 5. The minimum absolute atomic E-state index is 0.0137. The first-order valence-electron chi connectivity index (χ1n) is 5.56. The van der Waals surface area contributed by atoms with Crippen LogP contribution in [0.15, 0.2) is 0 Å². The number of hydrogen-bond acceptors (Lipinski definition) is 3. The molecule has 0 aromatic rings. The van der Waals surface area contributed by atoms with E-state index in [0.29, 0.717) is 5.92 Å². The van der Waals surface area contributed by atoms with Crippen molar-refractivity contribution in [3.63, 3.8) is 0 Å². The monoisotopic (exact) mass is 212 g/mol. The normalized spacial score (nSPS) is 50.7. The molecular formula is C11H16O4. The van der Waals surface area contributed by atoms with Crippen LogP contribution in [-0.4, -0.2) is 29.1 Å². The minimum Gasteiger partial charge on any atom is -0.481 e. The highest BCUT2D eigenvalue weighted by Gasteiger charge is 2.61. The van der Waals surface area contributed by atoms with Gasteiger partial charge < -0.3 is 14.6 Å². The van der Waals surface area contributed by atoms with Crippen LogP contribution in [0.4, 0.5) is 0 Å². The molecule has 3 fully saturated rings. The van der Waals surface area contributed by atoms with Crippen LogP contribution in [0.25, 0.3) is 0 Å². The van der Waals surface area contributed by atoms with E-state index in [1.165, 1.54) is 0 Å². The van der Waals surface area contributed by atoms with Crippen molar-refractivity contribution in [3.05, 3.63) is 0 Å². The molecule has 2 bridgehead atoms. The number of carboxylic acids is 1. The lowest BCUT2D eigenvalue weighted by atomic mass is 9.85. The lowest BCUT2D eigenvalue weighted by Gasteiger charge is -2.26. The fraction of sp³-hybridized carbons (Fsp3) is 0.909. The van der Waals surface area contributed by atoms with Crippen molar-refractivity contribution in [2.75, 3.05) is 0 Å². The van der Waals surface area contributed by atoms with Crippen molar-refractivity contribution in [1.29, 1.82) is 0 Å². The summed E-state index contributed by atoms with van der Waals surface area (Å²) < 4.78 is 11.6. The molecule has 84 valence electrons. The summed E-state index contributed by atoms with van der Waals surface area (Å²) in [6.45, 7) is 3.81. The van der Waals surface area contributed by atoms with Crippen LogP contribution in [0.3, 0.4) is 0 Å². The smallest absolute Gasteiger partial charge is 0.306 e. The Morgan fingerprint density at radius 3 is 2.60 bits per heavy atom. The molecule has 3 rings (SSSR count). The van der Waals surface area contributed by atoms with Gasteiger partial charge in [-0.05, 0) is 32.6 Å². The Morgan fingerprint density at radius 1 is 1.27 bits per heavy atom. The summed E-state index contributed by atoms with van der Waals surface area (Å²) in [5.74, 6) is -0.857. The Labute approximate surface area is 88.6 Å². The third-order valence-electron chi connectivity index (χ3n) is 4.02. The molecule has 15 heavy (non-hydrogen) atoms. The second-order valence-electron chi connectivity index (χ2n) is 5.40. The lowest BCUT2D eigenvalue weighted by molar-refractivity contribution is -0.160. The van der Waals surface area contributed by atoms with Gasteiger partial charge in [0.2, 0.25) is 0 Å².